The van der Waals surface area contributed by atoms with Crippen molar-refractivity contribution in [2.75, 3.05) is 5.73 Å². The summed E-state index contributed by atoms with van der Waals surface area (Å²) in [5.41, 5.74) is 5.81. The van der Waals surface area contributed by atoms with Crippen LogP contribution in [0.2, 0.25) is 0 Å². The molecule has 0 aromatic carbocycles. The Kier molecular flexibility index (Phi) is 2.04. The average Bonchev–Trinajstić information content (AvgIpc) is 2.67. The van der Waals surface area contributed by atoms with Gasteiger partial charge in [-0.2, -0.15) is 0 Å². The summed E-state index contributed by atoms with van der Waals surface area (Å²) in [6.07, 6.45) is 2.97. The molecule has 0 aliphatic rings. The highest BCUT2D eigenvalue weighted by Crippen LogP contribution is 2.28. The van der Waals surface area contributed by atoms with Gasteiger partial charge < -0.3 is 5.73 Å². The van der Waals surface area contributed by atoms with Crippen LogP contribution in [0.25, 0.3) is 15.5 Å². The van der Waals surface area contributed by atoms with Crippen LogP contribution in [0.5, 0.6) is 0 Å². The van der Waals surface area contributed by atoms with Gasteiger partial charge in [0.1, 0.15) is 10.7 Å². The number of aromatic nitrogens is 4. The average molecular weight is 204 g/mol. The van der Waals surface area contributed by atoms with Crippen LogP contribution >= 0.6 is 11.3 Å². The topological polar surface area (TPSA) is 81.9 Å². The fraction of sp³-hybridized carbons (Fsp3) is 0. The van der Waals surface area contributed by atoms with Gasteiger partial charge in [0.2, 0.25) is 5.95 Å². The third-order valence-corrected chi connectivity index (χ3v) is 2.32. The standard InChI is InChI=1S/C7H4N6S/c1-9-5-3-10-6(14-5)4-2-11-7(8)13-12-4/h2-3H,(H2,8,11,13). The lowest BCUT2D eigenvalue weighted by molar-refractivity contribution is 0.991. The molecular weight excluding hydrogens is 200 g/mol. The van der Waals surface area contributed by atoms with Crippen molar-refractivity contribution >= 4 is 22.3 Å². The molecule has 0 spiro atoms. The fourth-order valence-electron chi connectivity index (χ4n) is 0.818. The maximum atomic E-state index is 6.78. The summed E-state index contributed by atoms with van der Waals surface area (Å²) >= 11 is 1.24. The molecule has 0 aliphatic heterocycles. The molecule has 2 aromatic heterocycles. The number of nitrogens with two attached hydrogens (primary N) is 1. The van der Waals surface area contributed by atoms with Crippen molar-refractivity contribution in [3.63, 3.8) is 0 Å². The Morgan fingerprint density at radius 2 is 2.14 bits per heavy atom. The van der Waals surface area contributed by atoms with Crippen LogP contribution in [0.3, 0.4) is 0 Å². The first-order valence-corrected chi connectivity index (χ1v) is 4.40. The molecule has 0 bridgehead atoms. The highest BCUT2D eigenvalue weighted by molar-refractivity contribution is 7.18. The largest absolute Gasteiger partial charge is 0.366 e. The minimum Gasteiger partial charge on any atom is -0.366 e. The number of anilines is 1. The van der Waals surface area contributed by atoms with Crippen molar-refractivity contribution in [2.45, 2.75) is 0 Å². The lowest BCUT2D eigenvalue weighted by Gasteiger charge is -1.92. The number of hydrogen-bond donors (Lipinski definition) is 1. The Morgan fingerprint density at radius 3 is 2.71 bits per heavy atom. The van der Waals surface area contributed by atoms with E-state index >= 15 is 0 Å². The first-order chi connectivity index (χ1) is 6.79. The van der Waals surface area contributed by atoms with Gasteiger partial charge in [-0.25, -0.2) is 9.83 Å². The van der Waals surface area contributed by atoms with Gasteiger partial charge in [-0.3, -0.25) is 4.98 Å². The van der Waals surface area contributed by atoms with Gasteiger partial charge in [0.05, 0.1) is 12.8 Å². The van der Waals surface area contributed by atoms with Crippen LogP contribution < -0.4 is 5.73 Å². The Labute approximate surface area is 83.3 Å². The molecule has 0 saturated carbocycles. The van der Waals surface area contributed by atoms with Gasteiger partial charge in [0.15, 0.2) is 0 Å². The SMILES string of the molecule is [C-]#[N+]c1cnc(-c2cnc(N)nn2)s1. The first-order valence-electron chi connectivity index (χ1n) is 3.58. The highest BCUT2D eigenvalue weighted by atomic mass is 32.1. The molecule has 2 N–H and O–H groups in total. The second-order valence-corrected chi connectivity index (χ2v) is 3.33. The molecule has 0 radical (unpaired) electrons. The van der Waals surface area contributed by atoms with E-state index in [9.17, 15) is 0 Å². The smallest absolute Gasteiger partial charge is 0.260 e. The number of thiazole rings is 1. The fourth-order valence-corrected chi connectivity index (χ4v) is 1.47. The molecule has 68 valence electrons. The maximum Gasteiger partial charge on any atom is 0.260 e. The molecule has 0 atom stereocenters. The molecule has 2 aromatic rings. The van der Waals surface area contributed by atoms with E-state index in [4.69, 9.17) is 12.3 Å². The molecule has 0 fully saturated rings. The molecule has 6 nitrogen and oxygen atoms in total. The molecule has 0 amide bonds. The molecule has 2 rings (SSSR count). The normalized spacial score (nSPS) is 9.64. The van der Waals surface area contributed by atoms with E-state index < -0.39 is 0 Å². The molecule has 14 heavy (non-hydrogen) atoms. The number of hydrogen-bond acceptors (Lipinski definition) is 6. The lowest BCUT2D eigenvalue weighted by Crippen LogP contribution is -1.97. The Hall–Kier alpha value is -2.07. The van der Waals surface area contributed by atoms with E-state index in [1.54, 1.807) is 0 Å². The monoisotopic (exact) mass is 204 g/mol. The Bertz CT molecular complexity index is 482. The van der Waals surface area contributed by atoms with Crippen LogP contribution in [0, 0.1) is 6.57 Å². The van der Waals surface area contributed by atoms with Crippen molar-refractivity contribution in [2.24, 2.45) is 0 Å². The van der Waals surface area contributed by atoms with E-state index in [-0.39, 0.29) is 5.95 Å². The first kappa shape index (κ1) is 8.52. The minimum absolute atomic E-state index is 0.121. The highest BCUT2D eigenvalue weighted by Gasteiger charge is 2.06. The predicted molar refractivity (Wildman–Crippen MR) is 51.6 cm³/mol. The van der Waals surface area contributed by atoms with Crippen molar-refractivity contribution in [3.05, 3.63) is 23.8 Å². The van der Waals surface area contributed by atoms with E-state index in [0.717, 1.165) is 0 Å². The van der Waals surface area contributed by atoms with Gasteiger partial charge >= 0.3 is 0 Å². The van der Waals surface area contributed by atoms with Gasteiger partial charge in [-0.05, 0) is 0 Å². The van der Waals surface area contributed by atoms with Crippen LogP contribution in [-0.2, 0) is 0 Å². The summed E-state index contributed by atoms with van der Waals surface area (Å²) in [6.45, 7) is 6.78. The number of nitrogen functional groups attached to an aromatic ring is 1. The van der Waals surface area contributed by atoms with Crippen LogP contribution in [0.15, 0.2) is 12.4 Å². The predicted octanol–water partition coefficient (Wildman–Crippen LogP) is 1.13. The van der Waals surface area contributed by atoms with Gasteiger partial charge in [-0.15, -0.1) is 21.5 Å². The van der Waals surface area contributed by atoms with Gasteiger partial charge in [-0.1, -0.05) is 0 Å². The van der Waals surface area contributed by atoms with Gasteiger partial charge in [0.25, 0.3) is 5.00 Å². The summed E-state index contributed by atoms with van der Waals surface area (Å²) in [5, 5.41) is 8.53. The summed E-state index contributed by atoms with van der Waals surface area (Å²) < 4.78 is 0. The van der Waals surface area contributed by atoms with Crippen molar-refractivity contribution in [1.29, 1.82) is 0 Å². The van der Waals surface area contributed by atoms with Crippen LogP contribution in [0.4, 0.5) is 10.9 Å². The number of nitrogens with zero attached hydrogens (tertiary/aromatic N) is 5. The summed E-state index contributed by atoms with van der Waals surface area (Å²) in [4.78, 5) is 11.0. The Morgan fingerprint density at radius 1 is 1.29 bits per heavy atom. The third kappa shape index (κ3) is 1.51. The quantitative estimate of drug-likeness (QED) is 0.704. The molecule has 0 aliphatic carbocycles. The van der Waals surface area contributed by atoms with E-state index in [1.165, 1.54) is 23.7 Å². The van der Waals surface area contributed by atoms with Crippen molar-refractivity contribution < 1.29 is 0 Å². The second-order valence-electron chi connectivity index (χ2n) is 2.32. The van der Waals surface area contributed by atoms with E-state index in [1.807, 2.05) is 0 Å². The van der Waals surface area contributed by atoms with Crippen LogP contribution in [0.1, 0.15) is 0 Å². The molecule has 0 unspecified atom stereocenters. The Balaban J connectivity index is 2.40. The molecule has 2 heterocycles. The molecule has 0 saturated heterocycles. The second kappa shape index (κ2) is 3.35. The lowest BCUT2D eigenvalue weighted by atomic mass is 10.5. The number of rotatable bonds is 1. The van der Waals surface area contributed by atoms with E-state index in [2.05, 4.69) is 25.0 Å². The zero-order valence-corrected chi connectivity index (χ0v) is 7.69. The third-order valence-electron chi connectivity index (χ3n) is 1.40. The molecular formula is C7H4N6S. The summed E-state index contributed by atoms with van der Waals surface area (Å²) in [7, 11) is 0. The van der Waals surface area contributed by atoms with E-state index in [0.29, 0.717) is 15.7 Å². The van der Waals surface area contributed by atoms with Gasteiger partial charge in [0, 0.05) is 6.20 Å². The summed E-state index contributed by atoms with van der Waals surface area (Å²) in [6, 6.07) is 0. The van der Waals surface area contributed by atoms with Crippen molar-refractivity contribution in [1.82, 2.24) is 20.2 Å². The maximum absolute atomic E-state index is 6.78. The zero-order valence-electron chi connectivity index (χ0n) is 6.88. The van der Waals surface area contributed by atoms with Crippen LogP contribution in [-0.4, -0.2) is 20.2 Å². The van der Waals surface area contributed by atoms with Crippen molar-refractivity contribution in [3.8, 4) is 10.7 Å². The minimum atomic E-state index is 0.121. The molecule has 7 heteroatoms. The summed E-state index contributed by atoms with van der Waals surface area (Å²) in [5.74, 6) is 0.121. The zero-order chi connectivity index (χ0) is 9.97.